The molecule has 0 spiro atoms. The van der Waals surface area contributed by atoms with Crippen molar-refractivity contribution < 1.29 is 4.79 Å². The molecule has 1 aliphatic heterocycles. The number of hydrogen-bond acceptors (Lipinski definition) is 4. The molecule has 1 aromatic heterocycles. The highest BCUT2D eigenvalue weighted by atomic mass is 16.2. The van der Waals surface area contributed by atoms with Crippen LogP contribution in [0.3, 0.4) is 0 Å². The smallest absolute Gasteiger partial charge is 0.272 e. The van der Waals surface area contributed by atoms with E-state index in [-0.39, 0.29) is 5.91 Å². The molecule has 1 atom stereocenters. The second-order valence-electron chi connectivity index (χ2n) is 6.68. The maximum absolute atomic E-state index is 12.7. The summed E-state index contributed by atoms with van der Waals surface area (Å²) in [6.45, 7) is 7.91. The molecule has 5 nitrogen and oxygen atoms in total. The molecule has 1 N–H and O–H groups in total. The number of benzene rings is 1. The topological polar surface area (TPSA) is 58.1 Å². The van der Waals surface area contributed by atoms with Gasteiger partial charge in [0, 0.05) is 24.8 Å². The van der Waals surface area contributed by atoms with Crippen LogP contribution in [0.25, 0.3) is 0 Å². The van der Waals surface area contributed by atoms with Crippen LogP contribution in [0.1, 0.15) is 41.4 Å². The third-order valence-electron chi connectivity index (χ3n) is 4.56. The minimum Gasteiger partial charge on any atom is -0.340 e. The highest BCUT2D eigenvalue weighted by Gasteiger charge is 2.23. The van der Waals surface area contributed by atoms with Crippen LogP contribution in [0.4, 0.5) is 11.5 Å². The van der Waals surface area contributed by atoms with Gasteiger partial charge < -0.3 is 10.2 Å². The summed E-state index contributed by atoms with van der Waals surface area (Å²) in [6.07, 6.45) is 3.70. The lowest BCUT2D eigenvalue weighted by atomic mass is 10.00. The first-order chi connectivity index (χ1) is 11.5. The van der Waals surface area contributed by atoms with E-state index in [0.29, 0.717) is 17.4 Å². The fourth-order valence-corrected chi connectivity index (χ4v) is 3.22. The third-order valence-corrected chi connectivity index (χ3v) is 4.56. The minimum atomic E-state index is -0.00601. The van der Waals surface area contributed by atoms with E-state index in [2.05, 4.69) is 48.2 Å². The third kappa shape index (κ3) is 3.55. The first kappa shape index (κ1) is 16.4. The first-order valence-electron chi connectivity index (χ1n) is 8.49. The number of carbonyl (C=O) groups is 1. The van der Waals surface area contributed by atoms with Crippen LogP contribution in [0.5, 0.6) is 0 Å². The van der Waals surface area contributed by atoms with Crippen LogP contribution in [0, 0.1) is 19.8 Å². The molecule has 0 saturated carbocycles. The van der Waals surface area contributed by atoms with Gasteiger partial charge in [-0.25, -0.2) is 9.97 Å². The van der Waals surface area contributed by atoms with Crippen molar-refractivity contribution in [2.24, 2.45) is 5.92 Å². The van der Waals surface area contributed by atoms with E-state index >= 15 is 0 Å². The number of nitrogens with one attached hydrogen (secondary N) is 1. The average molecular weight is 324 g/mol. The zero-order valence-electron chi connectivity index (χ0n) is 14.5. The lowest BCUT2D eigenvalue weighted by molar-refractivity contribution is 0.0677. The maximum Gasteiger partial charge on any atom is 0.272 e. The maximum atomic E-state index is 12.7. The number of aromatic nitrogens is 2. The van der Waals surface area contributed by atoms with Crippen LogP contribution in [0.2, 0.25) is 0 Å². The number of aryl methyl sites for hydroxylation is 2. The van der Waals surface area contributed by atoms with E-state index in [1.54, 1.807) is 6.07 Å². The molecule has 1 aliphatic rings. The Labute approximate surface area is 143 Å². The van der Waals surface area contributed by atoms with Gasteiger partial charge in [0.15, 0.2) is 0 Å². The summed E-state index contributed by atoms with van der Waals surface area (Å²) in [6, 6.07) is 7.88. The number of likely N-dealkylation sites (tertiary alicyclic amines) is 1. The highest BCUT2D eigenvalue weighted by Crippen LogP contribution is 2.24. The van der Waals surface area contributed by atoms with Gasteiger partial charge in [-0.3, -0.25) is 4.79 Å². The van der Waals surface area contributed by atoms with E-state index in [9.17, 15) is 4.79 Å². The lowest BCUT2D eigenvalue weighted by Gasteiger charge is -2.30. The van der Waals surface area contributed by atoms with Crippen LogP contribution >= 0.6 is 0 Å². The van der Waals surface area contributed by atoms with Crippen molar-refractivity contribution in [1.82, 2.24) is 14.9 Å². The number of anilines is 2. The summed E-state index contributed by atoms with van der Waals surface area (Å²) < 4.78 is 0. The molecule has 1 fully saturated rings. The molecule has 3 rings (SSSR count). The molecule has 2 aromatic rings. The predicted octanol–water partition coefficient (Wildman–Crippen LogP) is 3.71. The summed E-state index contributed by atoms with van der Waals surface area (Å²) >= 11 is 0. The van der Waals surface area contributed by atoms with Gasteiger partial charge in [-0.2, -0.15) is 0 Å². The summed E-state index contributed by atoms with van der Waals surface area (Å²) in [5.74, 6) is 1.20. The second-order valence-corrected chi connectivity index (χ2v) is 6.68. The molecule has 1 amide bonds. The Hall–Kier alpha value is -2.43. The predicted molar refractivity (Wildman–Crippen MR) is 95.5 cm³/mol. The Morgan fingerprint density at radius 2 is 2.00 bits per heavy atom. The van der Waals surface area contributed by atoms with Crippen molar-refractivity contribution in [2.45, 2.75) is 33.6 Å². The molecule has 0 aliphatic carbocycles. The van der Waals surface area contributed by atoms with Gasteiger partial charge in [-0.1, -0.05) is 25.1 Å². The molecular weight excluding hydrogens is 300 g/mol. The van der Waals surface area contributed by atoms with Crippen LogP contribution in [-0.2, 0) is 0 Å². The molecule has 24 heavy (non-hydrogen) atoms. The molecule has 0 bridgehead atoms. The minimum absolute atomic E-state index is 0.00601. The molecule has 5 heteroatoms. The van der Waals surface area contributed by atoms with Gasteiger partial charge in [-0.05, 0) is 43.7 Å². The van der Waals surface area contributed by atoms with Crippen molar-refractivity contribution in [1.29, 1.82) is 0 Å². The van der Waals surface area contributed by atoms with Gasteiger partial charge in [0.05, 0.1) is 0 Å². The SMILES string of the molecule is Cc1cccc(C)c1Nc1cc(C(=O)N2CCCC(C)C2)ncn1. The largest absolute Gasteiger partial charge is 0.340 e. The standard InChI is InChI=1S/C19H24N4O/c1-13-6-5-9-23(11-13)19(24)16-10-17(21-12-20-16)22-18-14(2)7-4-8-15(18)3/h4,7-8,10,12-13H,5-6,9,11H2,1-3H3,(H,20,21,22). The Morgan fingerprint density at radius 1 is 1.25 bits per heavy atom. The Bertz CT molecular complexity index is 724. The van der Waals surface area contributed by atoms with Crippen LogP contribution in [0.15, 0.2) is 30.6 Å². The monoisotopic (exact) mass is 324 g/mol. The Kier molecular flexibility index (Phi) is 4.79. The molecule has 0 radical (unpaired) electrons. The van der Waals surface area contributed by atoms with Gasteiger partial charge in [0.2, 0.25) is 0 Å². The summed E-state index contributed by atoms with van der Waals surface area (Å²) in [5, 5.41) is 3.33. The number of hydrogen-bond donors (Lipinski definition) is 1. The highest BCUT2D eigenvalue weighted by molar-refractivity contribution is 5.93. The summed E-state index contributed by atoms with van der Waals surface area (Å²) in [4.78, 5) is 23.0. The van der Waals surface area contributed by atoms with Crippen molar-refractivity contribution in [3.63, 3.8) is 0 Å². The number of rotatable bonds is 3. The first-order valence-corrected chi connectivity index (χ1v) is 8.49. The second kappa shape index (κ2) is 6.99. The van der Waals surface area contributed by atoms with E-state index in [4.69, 9.17) is 0 Å². The zero-order chi connectivity index (χ0) is 17.1. The van der Waals surface area contributed by atoms with Gasteiger partial charge in [-0.15, -0.1) is 0 Å². The van der Waals surface area contributed by atoms with Crippen molar-refractivity contribution in [3.8, 4) is 0 Å². The quantitative estimate of drug-likeness (QED) is 0.935. The summed E-state index contributed by atoms with van der Waals surface area (Å²) in [5.41, 5.74) is 3.77. The fraction of sp³-hybridized carbons (Fsp3) is 0.421. The normalized spacial score (nSPS) is 17.6. The van der Waals surface area contributed by atoms with Gasteiger partial charge in [0.1, 0.15) is 17.8 Å². The number of piperidine rings is 1. The van der Waals surface area contributed by atoms with Crippen molar-refractivity contribution in [2.75, 3.05) is 18.4 Å². The number of amides is 1. The molecular formula is C19H24N4O. The van der Waals surface area contributed by atoms with Crippen molar-refractivity contribution >= 4 is 17.4 Å². The van der Waals surface area contributed by atoms with E-state index in [1.165, 1.54) is 12.7 Å². The molecule has 1 saturated heterocycles. The molecule has 126 valence electrons. The average Bonchev–Trinajstić information content (AvgIpc) is 2.58. The summed E-state index contributed by atoms with van der Waals surface area (Å²) in [7, 11) is 0. The Balaban J connectivity index is 1.80. The van der Waals surface area contributed by atoms with Crippen LogP contribution < -0.4 is 5.32 Å². The van der Waals surface area contributed by atoms with Crippen molar-refractivity contribution in [3.05, 3.63) is 47.4 Å². The zero-order valence-corrected chi connectivity index (χ0v) is 14.5. The molecule has 2 heterocycles. The number of para-hydroxylation sites is 1. The van der Waals surface area contributed by atoms with Gasteiger partial charge in [0.25, 0.3) is 5.91 Å². The molecule has 1 aromatic carbocycles. The van der Waals surface area contributed by atoms with Gasteiger partial charge >= 0.3 is 0 Å². The Morgan fingerprint density at radius 3 is 2.71 bits per heavy atom. The van der Waals surface area contributed by atoms with Crippen LogP contribution in [-0.4, -0.2) is 33.9 Å². The fourth-order valence-electron chi connectivity index (χ4n) is 3.22. The van der Waals surface area contributed by atoms with E-state index in [0.717, 1.165) is 36.3 Å². The lowest BCUT2D eigenvalue weighted by Crippen LogP contribution is -2.39. The molecule has 1 unspecified atom stereocenters. The number of nitrogens with zero attached hydrogens (tertiary/aromatic N) is 3. The number of carbonyl (C=O) groups excluding carboxylic acids is 1. The van der Waals surface area contributed by atoms with E-state index < -0.39 is 0 Å². The van der Waals surface area contributed by atoms with E-state index in [1.807, 2.05) is 11.0 Å².